The second-order valence-corrected chi connectivity index (χ2v) is 6.70. The summed E-state index contributed by atoms with van der Waals surface area (Å²) in [7, 11) is 1.66. The Hall–Kier alpha value is -1.59. The predicted molar refractivity (Wildman–Crippen MR) is 88.5 cm³/mol. The number of aliphatic hydroxyl groups excluding tert-OH is 1. The quantitative estimate of drug-likeness (QED) is 0.890. The van der Waals surface area contributed by atoms with Gasteiger partial charge in [-0.3, -0.25) is 9.69 Å². The SMILES string of the molecule is COc1ccc([C@@H]2C[C@H]2C(=O)N2CCN(C[C@H](C)O)CC2)cc1. The van der Waals surface area contributed by atoms with E-state index in [1.165, 1.54) is 5.56 Å². The molecule has 126 valence electrons. The van der Waals surface area contributed by atoms with E-state index in [9.17, 15) is 9.90 Å². The average Bonchev–Trinajstić information content (AvgIpc) is 3.35. The molecule has 3 rings (SSSR count). The van der Waals surface area contributed by atoms with Crippen molar-refractivity contribution in [3.63, 3.8) is 0 Å². The zero-order valence-corrected chi connectivity index (χ0v) is 13.9. The van der Waals surface area contributed by atoms with Gasteiger partial charge in [0.05, 0.1) is 13.2 Å². The van der Waals surface area contributed by atoms with Gasteiger partial charge in [0.2, 0.25) is 5.91 Å². The lowest BCUT2D eigenvalue weighted by Gasteiger charge is -2.35. The molecule has 1 N–H and O–H groups in total. The Bertz CT molecular complexity index is 536. The third-order valence-corrected chi connectivity index (χ3v) is 4.86. The lowest BCUT2D eigenvalue weighted by molar-refractivity contribution is -0.134. The first-order valence-corrected chi connectivity index (χ1v) is 8.41. The summed E-state index contributed by atoms with van der Waals surface area (Å²) in [6.45, 7) is 5.77. The van der Waals surface area contributed by atoms with Crippen molar-refractivity contribution in [3.8, 4) is 5.75 Å². The zero-order chi connectivity index (χ0) is 16.4. The van der Waals surface area contributed by atoms with Crippen molar-refractivity contribution in [2.24, 2.45) is 5.92 Å². The molecule has 1 amide bonds. The summed E-state index contributed by atoms with van der Waals surface area (Å²) in [5, 5.41) is 9.44. The van der Waals surface area contributed by atoms with Crippen molar-refractivity contribution >= 4 is 5.91 Å². The minimum atomic E-state index is -0.305. The highest BCUT2D eigenvalue weighted by Crippen LogP contribution is 2.48. The molecule has 1 aromatic carbocycles. The normalized spacial score (nSPS) is 26.0. The minimum Gasteiger partial charge on any atom is -0.497 e. The molecule has 0 unspecified atom stereocenters. The highest BCUT2D eigenvalue weighted by molar-refractivity contribution is 5.83. The van der Waals surface area contributed by atoms with Crippen molar-refractivity contribution in [2.45, 2.75) is 25.4 Å². The topological polar surface area (TPSA) is 53.0 Å². The minimum absolute atomic E-state index is 0.145. The van der Waals surface area contributed by atoms with Gasteiger partial charge in [-0.05, 0) is 37.0 Å². The van der Waals surface area contributed by atoms with Crippen LogP contribution in [0.2, 0.25) is 0 Å². The van der Waals surface area contributed by atoms with Crippen molar-refractivity contribution < 1.29 is 14.6 Å². The van der Waals surface area contributed by atoms with Gasteiger partial charge in [0.15, 0.2) is 0 Å². The Morgan fingerprint density at radius 3 is 2.48 bits per heavy atom. The first-order chi connectivity index (χ1) is 11.1. The maximum absolute atomic E-state index is 12.6. The summed E-state index contributed by atoms with van der Waals surface area (Å²) in [6.07, 6.45) is 0.652. The number of amides is 1. The number of nitrogens with zero attached hydrogens (tertiary/aromatic N) is 2. The predicted octanol–water partition coefficient (Wildman–Crippen LogP) is 1.32. The molecule has 0 bridgehead atoms. The molecule has 1 saturated carbocycles. The molecule has 0 aromatic heterocycles. The molecule has 1 saturated heterocycles. The number of rotatable bonds is 5. The second kappa shape index (κ2) is 6.89. The Morgan fingerprint density at radius 1 is 1.26 bits per heavy atom. The van der Waals surface area contributed by atoms with Crippen LogP contribution < -0.4 is 4.74 Å². The van der Waals surface area contributed by atoms with Crippen molar-refractivity contribution in [3.05, 3.63) is 29.8 Å². The third kappa shape index (κ3) is 3.85. The molecule has 5 nitrogen and oxygen atoms in total. The Labute approximate surface area is 137 Å². The van der Waals surface area contributed by atoms with Crippen LogP contribution in [0.4, 0.5) is 0 Å². The van der Waals surface area contributed by atoms with E-state index in [-0.39, 0.29) is 12.0 Å². The highest BCUT2D eigenvalue weighted by atomic mass is 16.5. The van der Waals surface area contributed by atoms with Crippen LogP contribution in [0.5, 0.6) is 5.75 Å². The summed E-state index contributed by atoms with van der Waals surface area (Å²) in [4.78, 5) is 16.8. The average molecular weight is 318 g/mol. The Balaban J connectivity index is 1.50. The van der Waals surface area contributed by atoms with Gasteiger partial charge in [-0.1, -0.05) is 12.1 Å². The Morgan fingerprint density at radius 2 is 1.91 bits per heavy atom. The molecule has 0 spiro atoms. The smallest absolute Gasteiger partial charge is 0.226 e. The number of carbonyl (C=O) groups is 1. The molecule has 2 fully saturated rings. The van der Waals surface area contributed by atoms with E-state index in [1.54, 1.807) is 14.0 Å². The van der Waals surface area contributed by atoms with E-state index >= 15 is 0 Å². The number of hydrogen-bond donors (Lipinski definition) is 1. The lowest BCUT2D eigenvalue weighted by Crippen LogP contribution is -2.50. The van der Waals surface area contributed by atoms with Crippen LogP contribution in [0, 0.1) is 5.92 Å². The fourth-order valence-corrected chi connectivity index (χ4v) is 3.45. The summed E-state index contributed by atoms with van der Waals surface area (Å²) in [5.41, 5.74) is 1.23. The number of hydrogen-bond acceptors (Lipinski definition) is 4. The summed E-state index contributed by atoms with van der Waals surface area (Å²) in [5.74, 6) is 1.66. The number of benzene rings is 1. The number of β-amino-alcohol motifs (C(OH)–C–C–N with tert-alkyl or cyclic N) is 1. The maximum Gasteiger partial charge on any atom is 0.226 e. The summed E-state index contributed by atoms with van der Waals surface area (Å²) >= 11 is 0. The van der Waals surface area contributed by atoms with E-state index in [0.29, 0.717) is 18.4 Å². The van der Waals surface area contributed by atoms with Crippen LogP contribution in [-0.4, -0.2) is 66.8 Å². The molecule has 1 heterocycles. The monoisotopic (exact) mass is 318 g/mol. The van der Waals surface area contributed by atoms with Gasteiger partial charge in [-0.2, -0.15) is 0 Å². The fraction of sp³-hybridized carbons (Fsp3) is 0.611. The maximum atomic E-state index is 12.6. The third-order valence-electron chi connectivity index (χ3n) is 4.86. The van der Waals surface area contributed by atoms with Crippen molar-refractivity contribution in [1.29, 1.82) is 0 Å². The van der Waals surface area contributed by atoms with Gasteiger partial charge in [-0.15, -0.1) is 0 Å². The molecule has 23 heavy (non-hydrogen) atoms. The largest absolute Gasteiger partial charge is 0.497 e. The molecule has 2 aliphatic rings. The number of piperazine rings is 1. The molecule has 1 aliphatic carbocycles. The molecular formula is C18H26N2O3. The molecule has 3 atom stereocenters. The Kier molecular flexibility index (Phi) is 4.87. The highest BCUT2D eigenvalue weighted by Gasteiger charge is 2.46. The molecular weight excluding hydrogens is 292 g/mol. The molecule has 0 radical (unpaired) electrons. The van der Waals surface area contributed by atoms with Crippen LogP contribution in [0.25, 0.3) is 0 Å². The van der Waals surface area contributed by atoms with Crippen LogP contribution in [0.3, 0.4) is 0 Å². The van der Waals surface area contributed by atoms with Crippen LogP contribution >= 0.6 is 0 Å². The van der Waals surface area contributed by atoms with Crippen LogP contribution in [0.15, 0.2) is 24.3 Å². The van der Waals surface area contributed by atoms with Gasteiger partial charge >= 0.3 is 0 Å². The van der Waals surface area contributed by atoms with Gasteiger partial charge in [0.25, 0.3) is 0 Å². The zero-order valence-electron chi connectivity index (χ0n) is 13.9. The number of methoxy groups -OCH3 is 1. The summed E-state index contributed by atoms with van der Waals surface area (Å²) in [6, 6.07) is 8.06. The number of aliphatic hydroxyl groups is 1. The van der Waals surface area contributed by atoms with E-state index in [1.807, 2.05) is 17.0 Å². The van der Waals surface area contributed by atoms with E-state index in [0.717, 1.165) is 38.3 Å². The van der Waals surface area contributed by atoms with E-state index in [4.69, 9.17) is 4.74 Å². The van der Waals surface area contributed by atoms with Crippen LogP contribution in [-0.2, 0) is 4.79 Å². The first-order valence-electron chi connectivity index (χ1n) is 8.41. The van der Waals surface area contributed by atoms with Crippen LogP contribution in [0.1, 0.15) is 24.8 Å². The molecule has 1 aromatic rings. The van der Waals surface area contributed by atoms with Gasteiger partial charge in [0.1, 0.15) is 5.75 Å². The molecule has 5 heteroatoms. The number of carbonyl (C=O) groups excluding carboxylic acids is 1. The molecule has 1 aliphatic heterocycles. The number of ether oxygens (including phenoxy) is 1. The van der Waals surface area contributed by atoms with E-state index < -0.39 is 0 Å². The van der Waals surface area contributed by atoms with Crippen molar-refractivity contribution in [1.82, 2.24) is 9.80 Å². The van der Waals surface area contributed by atoms with Gasteiger partial charge in [-0.25, -0.2) is 0 Å². The second-order valence-electron chi connectivity index (χ2n) is 6.70. The lowest BCUT2D eigenvalue weighted by atomic mass is 10.1. The van der Waals surface area contributed by atoms with Gasteiger partial charge < -0.3 is 14.7 Å². The summed E-state index contributed by atoms with van der Waals surface area (Å²) < 4.78 is 5.18. The van der Waals surface area contributed by atoms with Gasteiger partial charge in [0, 0.05) is 38.6 Å². The first kappa shape index (κ1) is 16.3. The standard InChI is InChI=1S/C18H26N2O3/c1-13(21)12-19-7-9-20(10-8-19)18(22)17-11-16(17)14-3-5-15(23-2)6-4-14/h3-6,13,16-17,21H,7-12H2,1-2H3/t13-,16-,17+/m0/s1. The van der Waals surface area contributed by atoms with E-state index in [2.05, 4.69) is 17.0 Å². The fourth-order valence-electron chi connectivity index (χ4n) is 3.45. The van der Waals surface area contributed by atoms with Crippen molar-refractivity contribution in [2.75, 3.05) is 39.8 Å².